The first-order valence-corrected chi connectivity index (χ1v) is 13.6. The average Bonchev–Trinajstić information content (AvgIpc) is 3.08. The van der Waals surface area contributed by atoms with Crippen LogP contribution in [0.3, 0.4) is 0 Å². The first-order chi connectivity index (χ1) is 13.6. The summed E-state index contributed by atoms with van der Waals surface area (Å²) in [5.74, 6) is -1.56. The van der Waals surface area contributed by atoms with Crippen molar-refractivity contribution in [3.63, 3.8) is 0 Å². The molecule has 1 saturated carbocycles. The second kappa shape index (κ2) is 7.62. The van der Waals surface area contributed by atoms with Crippen LogP contribution in [-0.4, -0.2) is 70.4 Å². The van der Waals surface area contributed by atoms with Crippen molar-refractivity contribution >= 4 is 8.32 Å². The lowest BCUT2D eigenvalue weighted by atomic mass is 9.74. The van der Waals surface area contributed by atoms with Gasteiger partial charge in [-0.3, -0.25) is 0 Å². The van der Waals surface area contributed by atoms with Gasteiger partial charge in [0.15, 0.2) is 25.5 Å². The number of rotatable bonds is 5. The molecular formula is C22H40O7Si. The summed E-state index contributed by atoms with van der Waals surface area (Å²) in [4.78, 5) is 0. The monoisotopic (exact) mass is 444 g/mol. The van der Waals surface area contributed by atoms with Crippen molar-refractivity contribution in [2.75, 3.05) is 20.5 Å². The molecule has 0 N–H and O–H groups in total. The minimum absolute atomic E-state index is 0.0325. The zero-order valence-electron chi connectivity index (χ0n) is 20.3. The van der Waals surface area contributed by atoms with E-state index in [1.165, 1.54) is 0 Å². The van der Waals surface area contributed by atoms with Gasteiger partial charge in [0.05, 0.1) is 12.7 Å². The zero-order valence-corrected chi connectivity index (χ0v) is 21.3. The highest BCUT2D eigenvalue weighted by Gasteiger charge is 2.69. The van der Waals surface area contributed by atoms with Crippen molar-refractivity contribution in [3.05, 3.63) is 12.2 Å². The molecule has 3 rings (SSSR count). The largest absolute Gasteiger partial charge is 0.407 e. The van der Waals surface area contributed by atoms with E-state index in [0.717, 1.165) is 5.57 Å². The third-order valence-electron chi connectivity index (χ3n) is 6.72. The Morgan fingerprint density at radius 1 is 1.10 bits per heavy atom. The fourth-order valence-electron chi connectivity index (χ4n) is 4.31. The van der Waals surface area contributed by atoms with Crippen LogP contribution in [0.1, 0.15) is 48.5 Å². The van der Waals surface area contributed by atoms with Crippen molar-refractivity contribution in [1.29, 1.82) is 0 Å². The summed E-state index contributed by atoms with van der Waals surface area (Å²) in [6.07, 6.45) is -1.71. The Bertz CT molecular complexity index is 669. The number of hydrogen-bond acceptors (Lipinski definition) is 7. The van der Waals surface area contributed by atoms with E-state index in [4.69, 9.17) is 32.8 Å². The number of fused-ring (bicyclic) bond motifs is 2. The van der Waals surface area contributed by atoms with E-state index in [1.807, 2.05) is 27.7 Å². The van der Waals surface area contributed by atoms with Crippen LogP contribution in [0, 0.1) is 0 Å². The van der Waals surface area contributed by atoms with Crippen molar-refractivity contribution in [2.24, 2.45) is 0 Å². The lowest BCUT2D eigenvalue weighted by Crippen LogP contribution is -2.68. The van der Waals surface area contributed by atoms with Gasteiger partial charge in [-0.25, -0.2) is 0 Å². The fourth-order valence-corrected chi connectivity index (χ4v) is 5.58. The van der Waals surface area contributed by atoms with E-state index in [1.54, 1.807) is 7.11 Å². The molecule has 1 aliphatic carbocycles. The third kappa shape index (κ3) is 4.18. The van der Waals surface area contributed by atoms with Crippen LogP contribution in [0.5, 0.6) is 0 Å². The Morgan fingerprint density at radius 3 is 2.23 bits per heavy atom. The Balaban J connectivity index is 2.04. The van der Waals surface area contributed by atoms with Gasteiger partial charge in [-0.2, -0.15) is 0 Å². The van der Waals surface area contributed by atoms with Crippen LogP contribution in [0.25, 0.3) is 0 Å². The molecule has 0 unspecified atom stereocenters. The highest BCUT2D eigenvalue weighted by atomic mass is 28.4. The molecule has 30 heavy (non-hydrogen) atoms. The SMILES string of the molecule is C=C1[C@@H](OCOC)[C@@]2(COC(C)(C)O2)[C@H]2OC(C)(C)O[C@H]2[C@H]1O[Si](C)(C)C(C)(C)C. The Kier molecular flexibility index (Phi) is 6.18. The first kappa shape index (κ1) is 24.3. The van der Waals surface area contributed by atoms with E-state index in [9.17, 15) is 0 Å². The molecule has 2 heterocycles. The summed E-state index contributed by atoms with van der Waals surface area (Å²) in [7, 11) is -0.540. The molecule has 0 bridgehead atoms. The van der Waals surface area contributed by atoms with E-state index in [-0.39, 0.29) is 24.0 Å². The summed E-state index contributed by atoms with van der Waals surface area (Å²) in [6.45, 7) is 23.5. The van der Waals surface area contributed by atoms with Gasteiger partial charge in [-0.05, 0) is 51.4 Å². The van der Waals surface area contributed by atoms with Crippen molar-refractivity contribution < 1.29 is 32.8 Å². The highest BCUT2D eigenvalue weighted by Crippen LogP contribution is 2.53. The molecular weight excluding hydrogens is 404 g/mol. The molecule has 2 saturated heterocycles. The summed E-state index contributed by atoms with van der Waals surface area (Å²) >= 11 is 0. The second-order valence-corrected chi connectivity index (χ2v) is 15.8. The van der Waals surface area contributed by atoms with Gasteiger partial charge in [-0.15, -0.1) is 0 Å². The summed E-state index contributed by atoms with van der Waals surface area (Å²) in [5, 5.41) is 0.0325. The van der Waals surface area contributed by atoms with Crippen LogP contribution in [0.2, 0.25) is 18.1 Å². The number of hydrogen-bond donors (Lipinski definition) is 0. The molecule has 3 fully saturated rings. The van der Waals surface area contributed by atoms with E-state index >= 15 is 0 Å². The van der Waals surface area contributed by atoms with Gasteiger partial charge < -0.3 is 32.8 Å². The lowest BCUT2D eigenvalue weighted by molar-refractivity contribution is -0.248. The van der Waals surface area contributed by atoms with Crippen molar-refractivity contribution in [3.8, 4) is 0 Å². The lowest BCUT2D eigenvalue weighted by Gasteiger charge is -2.51. The maximum Gasteiger partial charge on any atom is 0.193 e. The minimum Gasteiger partial charge on any atom is -0.407 e. The maximum absolute atomic E-state index is 6.84. The van der Waals surface area contributed by atoms with Gasteiger partial charge in [0.2, 0.25) is 0 Å². The second-order valence-electron chi connectivity index (χ2n) is 11.1. The quantitative estimate of drug-likeness (QED) is 0.361. The van der Waals surface area contributed by atoms with Gasteiger partial charge in [0, 0.05) is 7.11 Å². The van der Waals surface area contributed by atoms with Crippen molar-refractivity contribution in [1.82, 2.24) is 0 Å². The van der Waals surface area contributed by atoms with Gasteiger partial charge in [-0.1, -0.05) is 27.4 Å². The zero-order chi connectivity index (χ0) is 22.8. The summed E-state index contributed by atoms with van der Waals surface area (Å²) in [5.41, 5.74) is -0.120. The van der Waals surface area contributed by atoms with Crippen LogP contribution in [0.4, 0.5) is 0 Å². The Hall–Kier alpha value is -0.323. The van der Waals surface area contributed by atoms with Gasteiger partial charge in [0.1, 0.15) is 25.1 Å². The summed E-state index contributed by atoms with van der Waals surface area (Å²) < 4.78 is 43.5. The molecule has 2 aliphatic heterocycles. The molecule has 0 radical (unpaired) electrons. The average molecular weight is 445 g/mol. The molecule has 7 nitrogen and oxygen atoms in total. The fraction of sp³-hybridized carbons (Fsp3) is 0.909. The molecule has 3 aliphatic rings. The van der Waals surface area contributed by atoms with Crippen LogP contribution in [0.15, 0.2) is 12.2 Å². The van der Waals surface area contributed by atoms with E-state index in [0.29, 0.717) is 6.61 Å². The topological polar surface area (TPSA) is 64.6 Å². The van der Waals surface area contributed by atoms with Gasteiger partial charge in [0.25, 0.3) is 0 Å². The van der Waals surface area contributed by atoms with Gasteiger partial charge >= 0.3 is 0 Å². The van der Waals surface area contributed by atoms with E-state index in [2.05, 4.69) is 40.4 Å². The van der Waals surface area contributed by atoms with Crippen molar-refractivity contribution in [2.45, 2.75) is 108 Å². The normalized spacial score (nSPS) is 38.3. The predicted molar refractivity (Wildman–Crippen MR) is 116 cm³/mol. The first-order valence-electron chi connectivity index (χ1n) is 10.7. The van der Waals surface area contributed by atoms with E-state index < -0.39 is 37.7 Å². The smallest absolute Gasteiger partial charge is 0.193 e. The Morgan fingerprint density at radius 2 is 1.73 bits per heavy atom. The molecule has 8 heteroatoms. The number of methoxy groups -OCH3 is 1. The Labute approximate surface area is 182 Å². The molecule has 0 amide bonds. The molecule has 0 aromatic rings. The molecule has 0 aromatic heterocycles. The van der Waals surface area contributed by atoms with Crippen LogP contribution >= 0.6 is 0 Å². The predicted octanol–water partition coefficient (Wildman–Crippen LogP) is 3.98. The molecule has 0 aromatic carbocycles. The molecule has 5 atom stereocenters. The number of ether oxygens (including phenoxy) is 6. The third-order valence-corrected chi connectivity index (χ3v) is 11.2. The highest BCUT2D eigenvalue weighted by molar-refractivity contribution is 6.74. The molecule has 174 valence electrons. The van der Waals surface area contributed by atoms with Crippen LogP contribution in [-0.2, 0) is 32.8 Å². The summed E-state index contributed by atoms with van der Waals surface area (Å²) in [6, 6.07) is 0. The molecule has 1 spiro atoms. The van der Waals surface area contributed by atoms with Crippen LogP contribution < -0.4 is 0 Å². The minimum atomic E-state index is -2.14. The maximum atomic E-state index is 6.84. The standard InChI is InChI=1S/C22H40O7Si/c1-14-15(28-30(10,11)19(2,3)4)16-18(27-21(7,8)26-16)22(17(14)24-13-23-9)12-25-20(5,6)29-22/h15-18H,1,12-13H2,2-11H3/t15-,16-,17+,18-,22-/m0/s1.